The van der Waals surface area contributed by atoms with Crippen molar-refractivity contribution in [3.05, 3.63) is 29.6 Å². The second-order valence-electron chi connectivity index (χ2n) is 5.75. The topological polar surface area (TPSA) is 38.5 Å². The first kappa shape index (κ1) is 16.9. The van der Waals surface area contributed by atoms with E-state index in [9.17, 15) is 4.39 Å². The number of halogens is 1. The fourth-order valence-electron chi connectivity index (χ4n) is 2.32. The molecule has 0 heterocycles. The summed E-state index contributed by atoms with van der Waals surface area (Å²) in [5.41, 5.74) is 7.50. The van der Waals surface area contributed by atoms with E-state index in [-0.39, 0.29) is 11.9 Å². The number of rotatable bonds is 8. The van der Waals surface area contributed by atoms with E-state index >= 15 is 0 Å². The van der Waals surface area contributed by atoms with Crippen molar-refractivity contribution in [1.29, 1.82) is 0 Å². The van der Waals surface area contributed by atoms with Crippen molar-refractivity contribution in [2.45, 2.75) is 33.2 Å². The molecule has 0 radical (unpaired) electrons. The van der Waals surface area contributed by atoms with Crippen LogP contribution in [0.3, 0.4) is 0 Å². The van der Waals surface area contributed by atoms with Gasteiger partial charge in [0.25, 0.3) is 0 Å². The smallest absolute Gasteiger partial charge is 0.128 e. The van der Waals surface area contributed by atoms with Gasteiger partial charge in [-0.3, -0.25) is 0 Å². The summed E-state index contributed by atoms with van der Waals surface area (Å²) in [7, 11) is 1.68. The van der Waals surface area contributed by atoms with E-state index < -0.39 is 0 Å². The van der Waals surface area contributed by atoms with E-state index in [2.05, 4.69) is 18.7 Å². The monoisotopic (exact) mass is 282 g/mol. The number of anilines is 1. The molecular weight excluding hydrogens is 255 g/mol. The van der Waals surface area contributed by atoms with Crippen LogP contribution in [0.2, 0.25) is 0 Å². The van der Waals surface area contributed by atoms with Crippen LogP contribution in [0, 0.1) is 11.7 Å². The third-order valence-corrected chi connectivity index (χ3v) is 3.11. The molecule has 0 saturated carbocycles. The maximum atomic E-state index is 14.1. The minimum atomic E-state index is -0.175. The Labute approximate surface area is 121 Å². The largest absolute Gasteiger partial charge is 0.383 e. The van der Waals surface area contributed by atoms with Gasteiger partial charge in [0.2, 0.25) is 0 Å². The second-order valence-corrected chi connectivity index (χ2v) is 5.75. The predicted molar refractivity (Wildman–Crippen MR) is 82.7 cm³/mol. The molecule has 1 aromatic rings. The van der Waals surface area contributed by atoms with Crippen LogP contribution in [0.5, 0.6) is 0 Å². The molecule has 1 unspecified atom stereocenters. The molecule has 2 N–H and O–H groups in total. The predicted octanol–water partition coefficient (Wildman–Crippen LogP) is 2.82. The molecule has 4 heteroatoms. The van der Waals surface area contributed by atoms with Crippen LogP contribution in [0.4, 0.5) is 10.1 Å². The van der Waals surface area contributed by atoms with Gasteiger partial charge in [0, 0.05) is 37.5 Å². The lowest BCUT2D eigenvalue weighted by Crippen LogP contribution is -2.32. The van der Waals surface area contributed by atoms with E-state index in [1.54, 1.807) is 13.2 Å². The Morgan fingerprint density at radius 2 is 2.00 bits per heavy atom. The van der Waals surface area contributed by atoms with E-state index in [1.807, 2.05) is 13.0 Å². The maximum absolute atomic E-state index is 14.1. The lowest BCUT2D eigenvalue weighted by molar-refractivity contribution is 0.204. The molecule has 0 aromatic heterocycles. The highest BCUT2D eigenvalue weighted by Crippen LogP contribution is 2.25. The average Bonchev–Trinajstić information content (AvgIpc) is 2.36. The highest BCUT2D eigenvalue weighted by Gasteiger charge is 2.16. The minimum absolute atomic E-state index is 0.0611. The first-order valence-electron chi connectivity index (χ1n) is 7.22. The zero-order valence-corrected chi connectivity index (χ0v) is 13.0. The summed E-state index contributed by atoms with van der Waals surface area (Å²) in [6, 6.07) is 5.17. The molecule has 1 aromatic carbocycles. The fraction of sp³-hybridized carbons (Fsp3) is 0.625. The fourth-order valence-corrected chi connectivity index (χ4v) is 2.32. The number of nitrogens with zero attached hydrogens (tertiary/aromatic N) is 1. The van der Waals surface area contributed by atoms with Crippen LogP contribution in [0.15, 0.2) is 18.2 Å². The maximum Gasteiger partial charge on any atom is 0.128 e. The number of nitrogens with two attached hydrogens (primary N) is 1. The molecule has 0 aliphatic rings. The zero-order valence-electron chi connectivity index (χ0n) is 13.0. The minimum Gasteiger partial charge on any atom is -0.383 e. The molecule has 20 heavy (non-hydrogen) atoms. The van der Waals surface area contributed by atoms with Crippen LogP contribution < -0.4 is 10.6 Å². The van der Waals surface area contributed by atoms with E-state index in [0.717, 1.165) is 18.8 Å². The molecule has 1 rings (SSSR count). The van der Waals surface area contributed by atoms with Gasteiger partial charge in [0.05, 0.1) is 6.61 Å². The molecule has 0 saturated heterocycles. The number of methoxy groups -OCH3 is 1. The zero-order chi connectivity index (χ0) is 15.1. The molecule has 1 atom stereocenters. The second kappa shape index (κ2) is 8.22. The van der Waals surface area contributed by atoms with Gasteiger partial charge in [-0.15, -0.1) is 0 Å². The van der Waals surface area contributed by atoms with Gasteiger partial charge in [-0.2, -0.15) is 0 Å². The van der Waals surface area contributed by atoms with Crippen LogP contribution in [0.1, 0.15) is 26.3 Å². The standard InChI is InChI=1S/C16H27FN2O/c1-12(2)11-19(8-9-20-4)16-7-5-6-15(17)14(16)10-13(3)18/h5-7,12-13H,8-11,18H2,1-4H3. The van der Waals surface area contributed by atoms with Crippen LogP contribution in [-0.2, 0) is 11.2 Å². The quantitative estimate of drug-likeness (QED) is 0.797. The van der Waals surface area contributed by atoms with Gasteiger partial charge in [-0.05, 0) is 31.4 Å². The summed E-state index contributed by atoms with van der Waals surface area (Å²) >= 11 is 0. The molecule has 0 aliphatic carbocycles. The number of ether oxygens (including phenoxy) is 1. The number of benzene rings is 1. The summed E-state index contributed by atoms with van der Waals surface area (Å²) in [5.74, 6) is 0.323. The Morgan fingerprint density at radius 1 is 1.30 bits per heavy atom. The van der Waals surface area contributed by atoms with Crippen molar-refractivity contribution in [3.8, 4) is 0 Å². The van der Waals surface area contributed by atoms with E-state index in [0.29, 0.717) is 24.5 Å². The molecule has 114 valence electrons. The van der Waals surface area contributed by atoms with Crippen molar-refractivity contribution in [2.75, 3.05) is 31.7 Å². The Balaban J connectivity index is 3.06. The normalized spacial score (nSPS) is 12.8. The van der Waals surface area contributed by atoms with Gasteiger partial charge < -0.3 is 15.4 Å². The van der Waals surface area contributed by atoms with Crippen LogP contribution in [-0.4, -0.2) is 32.8 Å². The van der Waals surface area contributed by atoms with Crippen molar-refractivity contribution in [3.63, 3.8) is 0 Å². The first-order chi connectivity index (χ1) is 9.45. The lowest BCUT2D eigenvalue weighted by atomic mass is 10.0. The SMILES string of the molecule is COCCN(CC(C)C)c1cccc(F)c1CC(C)N. The Kier molecular flexibility index (Phi) is 6.96. The third kappa shape index (κ3) is 5.10. The first-order valence-corrected chi connectivity index (χ1v) is 7.22. The summed E-state index contributed by atoms with van der Waals surface area (Å²) in [5, 5.41) is 0. The van der Waals surface area contributed by atoms with E-state index in [1.165, 1.54) is 6.07 Å². The molecule has 0 fully saturated rings. The summed E-state index contributed by atoms with van der Waals surface area (Å²) in [4.78, 5) is 2.19. The molecule has 0 amide bonds. The van der Waals surface area contributed by atoms with Crippen LogP contribution in [0.25, 0.3) is 0 Å². The molecule has 0 bridgehead atoms. The van der Waals surface area contributed by atoms with E-state index in [4.69, 9.17) is 10.5 Å². The van der Waals surface area contributed by atoms with Gasteiger partial charge in [0.1, 0.15) is 5.82 Å². The Bertz CT molecular complexity index is 407. The molecular formula is C16H27FN2O. The third-order valence-electron chi connectivity index (χ3n) is 3.11. The van der Waals surface area contributed by atoms with Crippen molar-refractivity contribution in [2.24, 2.45) is 11.7 Å². The number of hydrogen-bond donors (Lipinski definition) is 1. The Morgan fingerprint density at radius 3 is 2.55 bits per heavy atom. The molecule has 0 spiro atoms. The van der Waals surface area contributed by atoms with Crippen molar-refractivity contribution in [1.82, 2.24) is 0 Å². The average molecular weight is 282 g/mol. The van der Waals surface area contributed by atoms with Crippen molar-refractivity contribution >= 4 is 5.69 Å². The van der Waals surface area contributed by atoms with Gasteiger partial charge in [-0.1, -0.05) is 19.9 Å². The van der Waals surface area contributed by atoms with Gasteiger partial charge in [0.15, 0.2) is 0 Å². The molecule has 3 nitrogen and oxygen atoms in total. The summed E-state index contributed by atoms with van der Waals surface area (Å²) < 4.78 is 19.3. The van der Waals surface area contributed by atoms with Gasteiger partial charge in [-0.25, -0.2) is 4.39 Å². The number of hydrogen-bond acceptors (Lipinski definition) is 3. The highest BCUT2D eigenvalue weighted by atomic mass is 19.1. The van der Waals surface area contributed by atoms with Gasteiger partial charge >= 0.3 is 0 Å². The summed E-state index contributed by atoms with van der Waals surface area (Å²) in [6.07, 6.45) is 0.545. The summed E-state index contributed by atoms with van der Waals surface area (Å²) in [6.45, 7) is 8.47. The highest BCUT2D eigenvalue weighted by molar-refractivity contribution is 5.54. The molecule has 0 aliphatic heterocycles. The lowest BCUT2D eigenvalue weighted by Gasteiger charge is -2.29. The van der Waals surface area contributed by atoms with Crippen LogP contribution >= 0.6 is 0 Å². The Hall–Kier alpha value is -1.13. The van der Waals surface area contributed by atoms with Crippen molar-refractivity contribution < 1.29 is 9.13 Å².